The van der Waals surface area contributed by atoms with E-state index in [0.29, 0.717) is 0 Å². The van der Waals surface area contributed by atoms with Crippen LogP contribution in [0.1, 0.15) is 5.56 Å². The van der Waals surface area contributed by atoms with Gasteiger partial charge in [0.2, 0.25) is 10.0 Å². The van der Waals surface area contributed by atoms with Gasteiger partial charge in [-0.1, -0.05) is 18.2 Å². The lowest BCUT2D eigenvalue weighted by Gasteiger charge is -2.30. The van der Waals surface area contributed by atoms with Gasteiger partial charge in [0.1, 0.15) is 0 Å². The van der Waals surface area contributed by atoms with E-state index in [4.69, 9.17) is 0 Å². The second-order valence-corrected chi connectivity index (χ2v) is 8.12. The molecule has 6 nitrogen and oxygen atoms in total. The molecule has 1 fully saturated rings. The van der Waals surface area contributed by atoms with Crippen LogP contribution in [0.4, 0.5) is 18.9 Å². The fourth-order valence-corrected chi connectivity index (χ4v) is 3.38. The second kappa shape index (κ2) is 5.14. The maximum absolute atomic E-state index is 12.4. The van der Waals surface area contributed by atoms with Crippen molar-refractivity contribution in [3.8, 4) is 0 Å². The minimum Gasteiger partial charge on any atom is -0.276 e. The van der Waals surface area contributed by atoms with E-state index >= 15 is 0 Å². The van der Waals surface area contributed by atoms with Crippen molar-refractivity contribution in [3.63, 3.8) is 0 Å². The van der Waals surface area contributed by atoms with E-state index in [0.717, 1.165) is 10.4 Å². The average molecular weight is 344 g/mol. The smallest absolute Gasteiger partial charge is 0.276 e. The predicted molar refractivity (Wildman–Crippen MR) is 69.2 cm³/mol. The predicted octanol–water partition coefficient (Wildman–Crippen LogP) is 1.09. The number of nitrogens with one attached hydrogen (secondary N) is 1. The minimum atomic E-state index is -5.54. The molecule has 118 valence electrons. The van der Waals surface area contributed by atoms with Crippen LogP contribution in [0.3, 0.4) is 0 Å². The average Bonchev–Trinajstić information content (AvgIpc) is 2.34. The molecule has 1 aromatic carbocycles. The summed E-state index contributed by atoms with van der Waals surface area (Å²) in [6.07, 6.45) is 0. The van der Waals surface area contributed by atoms with Crippen LogP contribution >= 0.6 is 0 Å². The molecule has 1 saturated heterocycles. The van der Waals surface area contributed by atoms with Crippen molar-refractivity contribution in [2.75, 3.05) is 17.0 Å². The highest BCUT2D eigenvalue weighted by atomic mass is 32.2. The zero-order chi connectivity index (χ0) is 15.9. The fourth-order valence-electron chi connectivity index (χ4n) is 1.70. The molecule has 1 aromatic rings. The molecule has 0 amide bonds. The Labute approximate surface area is 119 Å². The Hall–Kier alpha value is -1.33. The molecule has 0 saturated carbocycles. The van der Waals surface area contributed by atoms with Crippen molar-refractivity contribution in [1.82, 2.24) is 4.31 Å². The molecule has 1 heterocycles. The van der Waals surface area contributed by atoms with E-state index in [9.17, 15) is 30.0 Å². The first kappa shape index (κ1) is 16.0. The Bertz CT molecular complexity index is 744. The summed E-state index contributed by atoms with van der Waals surface area (Å²) in [6.45, 7) is 0.0710. The van der Waals surface area contributed by atoms with E-state index < -0.39 is 25.6 Å². The van der Waals surface area contributed by atoms with Crippen LogP contribution in [-0.4, -0.2) is 38.9 Å². The summed E-state index contributed by atoms with van der Waals surface area (Å²) in [5, 5.41) is 0. The lowest BCUT2D eigenvalue weighted by molar-refractivity contribution is -0.0429. The third kappa shape index (κ3) is 3.30. The van der Waals surface area contributed by atoms with Crippen molar-refractivity contribution in [2.45, 2.75) is 12.1 Å². The van der Waals surface area contributed by atoms with Gasteiger partial charge in [-0.2, -0.15) is 25.9 Å². The minimum absolute atomic E-state index is 0.0244. The second-order valence-electron chi connectivity index (χ2n) is 4.36. The van der Waals surface area contributed by atoms with Gasteiger partial charge < -0.3 is 0 Å². The molecular formula is C10H11F3N2O4S2. The number of sulfonamides is 2. The van der Waals surface area contributed by atoms with Gasteiger partial charge in [-0.05, 0) is 11.6 Å². The molecule has 0 aromatic heterocycles. The molecule has 0 radical (unpaired) electrons. The third-order valence-electron chi connectivity index (χ3n) is 2.91. The normalized spacial score (nSPS) is 19.0. The van der Waals surface area contributed by atoms with E-state index in [1.165, 1.54) is 22.9 Å². The lowest BCUT2D eigenvalue weighted by atomic mass is 10.2. The van der Waals surface area contributed by atoms with Crippen LogP contribution < -0.4 is 4.72 Å². The molecule has 0 unspecified atom stereocenters. The van der Waals surface area contributed by atoms with E-state index in [2.05, 4.69) is 0 Å². The van der Waals surface area contributed by atoms with Gasteiger partial charge >= 0.3 is 15.5 Å². The Morgan fingerprint density at radius 1 is 1.24 bits per heavy atom. The summed E-state index contributed by atoms with van der Waals surface area (Å²) in [5.41, 5.74) is -5.59. The fraction of sp³-hybridized carbons (Fsp3) is 0.400. The lowest BCUT2D eigenvalue weighted by Crippen LogP contribution is -2.46. The summed E-state index contributed by atoms with van der Waals surface area (Å²) >= 11 is 0. The Morgan fingerprint density at radius 2 is 1.86 bits per heavy atom. The largest absolute Gasteiger partial charge is 0.516 e. The van der Waals surface area contributed by atoms with E-state index in [1.807, 2.05) is 0 Å². The van der Waals surface area contributed by atoms with Crippen molar-refractivity contribution in [3.05, 3.63) is 29.8 Å². The van der Waals surface area contributed by atoms with Crippen LogP contribution in [0.5, 0.6) is 0 Å². The number of nitrogens with zero attached hydrogens (tertiary/aromatic N) is 1. The van der Waals surface area contributed by atoms with Gasteiger partial charge in [-0.3, -0.25) is 4.72 Å². The Morgan fingerprint density at radius 3 is 2.33 bits per heavy atom. The quantitative estimate of drug-likeness (QED) is 0.886. The van der Waals surface area contributed by atoms with Crippen LogP contribution in [0.15, 0.2) is 24.3 Å². The molecule has 0 atom stereocenters. The summed E-state index contributed by atoms with van der Waals surface area (Å²) < 4.78 is 84.5. The number of para-hydroxylation sites is 1. The van der Waals surface area contributed by atoms with Crippen LogP contribution in [0.25, 0.3) is 0 Å². The number of rotatable bonds is 4. The molecule has 0 bridgehead atoms. The van der Waals surface area contributed by atoms with Crippen molar-refractivity contribution < 1.29 is 30.0 Å². The highest BCUT2D eigenvalue weighted by Gasteiger charge is 2.46. The van der Waals surface area contributed by atoms with Gasteiger partial charge in [0.25, 0.3) is 0 Å². The summed E-state index contributed by atoms with van der Waals surface area (Å²) in [7, 11) is -8.92. The number of hydrogen-bond acceptors (Lipinski definition) is 4. The van der Waals surface area contributed by atoms with Gasteiger partial charge in [0, 0.05) is 13.1 Å². The van der Waals surface area contributed by atoms with Crippen molar-refractivity contribution in [1.29, 1.82) is 0 Å². The first-order valence-electron chi connectivity index (χ1n) is 5.68. The monoisotopic (exact) mass is 344 g/mol. The summed E-state index contributed by atoms with van der Waals surface area (Å²) in [4.78, 5) is 0. The molecule has 21 heavy (non-hydrogen) atoms. The number of hydrogen-bond donors (Lipinski definition) is 1. The maximum atomic E-state index is 12.4. The van der Waals surface area contributed by atoms with Gasteiger partial charge in [-0.15, -0.1) is 0 Å². The zero-order valence-electron chi connectivity index (χ0n) is 10.5. The summed E-state index contributed by atoms with van der Waals surface area (Å²) in [5.74, 6) is -0.0244. The molecular weight excluding hydrogens is 333 g/mol. The molecule has 0 aliphatic carbocycles. The van der Waals surface area contributed by atoms with Gasteiger partial charge in [0.05, 0.1) is 11.4 Å². The van der Waals surface area contributed by atoms with Crippen LogP contribution in [0.2, 0.25) is 0 Å². The molecule has 0 spiro atoms. The molecule has 1 aliphatic rings. The van der Waals surface area contributed by atoms with Crippen molar-refractivity contribution in [2.24, 2.45) is 0 Å². The van der Waals surface area contributed by atoms with E-state index in [-0.39, 0.29) is 30.1 Å². The zero-order valence-corrected chi connectivity index (χ0v) is 12.1. The molecule has 1 N–H and O–H groups in total. The summed E-state index contributed by atoms with van der Waals surface area (Å²) in [6, 6.07) is 5.34. The molecule has 1 aliphatic heterocycles. The first-order chi connectivity index (χ1) is 9.53. The van der Waals surface area contributed by atoms with Crippen molar-refractivity contribution >= 4 is 25.7 Å². The maximum Gasteiger partial charge on any atom is 0.516 e. The Kier molecular flexibility index (Phi) is 3.93. The SMILES string of the molecule is O=S1(=O)CCN1Cc1ccccc1NS(=O)(=O)C(F)(F)F. The Balaban J connectivity index is 2.26. The highest BCUT2D eigenvalue weighted by Crippen LogP contribution is 2.28. The standard InChI is InChI=1S/C10H11F3N2O4S2/c11-10(12,13)21(18,19)14-9-4-2-1-3-8(9)7-15-5-6-20(15,16)17/h1-4,14H,5-7H2. The first-order valence-corrected chi connectivity index (χ1v) is 8.77. The van der Waals surface area contributed by atoms with Crippen LogP contribution in [0, 0.1) is 0 Å². The van der Waals surface area contributed by atoms with E-state index in [1.54, 1.807) is 0 Å². The molecule has 11 heteroatoms. The number of alkyl halides is 3. The number of benzene rings is 1. The number of anilines is 1. The topological polar surface area (TPSA) is 83.6 Å². The van der Waals surface area contributed by atoms with Gasteiger partial charge in [0.15, 0.2) is 0 Å². The molecule has 2 rings (SSSR count). The highest BCUT2D eigenvalue weighted by molar-refractivity contribution is 7.93. The van der Waals surface area contributed by atoms with Crippen LogP contribution in [-0.2, 0) is 26.6 Å². The third-order valence-corrected chi connectivity index (χ3v) is 5.80. The van der Waals surface area contributed by atoms with Gasteiger partial charge in [-0.25, -0.2) is 8.42 Å². The number of halogens is 3.